The highest BCUT2D eigenvalue weighted by atomic mass is 35.5. The molecular weight excluding hydrogens is 230 g/mol. The number of rotatable bonds is 4. The van der Waals surface area contributed by atoms with Gasteiger partial charge >= 0.3 is 0 Å². The van der Waals surface area contributed by atoms with E-state index in [-0.39, 0.29) is 6.10 Å². The third-order valence-corrected chi connectivity index (χ3v) is 2.45. The van der Waals surface area contributed by atoms with Gasteiger partial charge in [-0.1, -0.05) is 11.6 Å². The molecule has 1 fully saturated rings. The Balaban J connectivity index is 2.11. The monoisotopic (exact) mass is 243 g/mol. The number of hydrazine groups is 1. The highest BCUT2D eigenvalue weighted by molar-refractivity contribution is 6.30. The minimum Gasteiger partial charge on any atom is -0.470 e. The predicted octanol–water partition coefficient (Wildman–Crippen LogP) is 1.45. The second-order valence-corrected chi connectivity index (χ2v) is 3.92. The molecule has 1 aromatic heterocycles. The van der Waals surface area contributed by atoms with Crippen molar-refractivity contribution in [1.82, 2.24) is 10.4 Å². The van der Waals surface area contributed by atoms with E-state index in [0.29, 0.717) is 17.5 Å². The van der Waals surface area contributed by atoms with E-state index in [1.165, 1.54) is 0 Å². The fourth-order valence-corrected chi connectivity index (χ4v) is 1.67. The fourth-order valence-electron chi connectivity index (χ4n) is 1.51. The van der Waals surface area contributed by atoms with E-state index in [4.69, 9.17) is 21.1 Å². The van der Waals surface area contributed by atoms with Gasteiger partial charge in [-0.15, -0.1) is 0 Å². The second kappa shape index (κ2) is 5.34. The maximum absolute atomic E-state index is 5.86. The number of nitrogens with one attached hydrogen (secondary N) is 2. The zero-order valence-electron chi connectivity index (χ0n) is 9.00. The Morgan fingerprint density at radius 2 is 2.50 bits per heavy atom. The summed E-state index contributed by atoms with van der Waals surface area (Å²) in [6.07, 6.45) is 2.53. The van der Waals surface area contributed by atoms with Crippen molar-refractivity contribution in [1.29, 1.82) is 0 Å². The van der Waals surface area contributed by atoms with E-state index >= 15 is 0 Å². The number of hydrogen-bond acceptors (Lipinski definition) is 5. The number of nitrogens with zero attached hydrogens (tertiary/aromatic N) is 1. The second-order valence-electron chi connectivity index (χ2n) is 3.48. The maximum Gasteiger partial charge on any atom is 0.239 e. The number of aromatic nitrogens is 1. The standard InChI is InChI=1S/C10H14ClN3O2/c1-12-14-9-4-7(11)5-13-10(9)16-8-2-3-15-6-8/h4-5,8,12,14H,2-3,6H2,1H3. The summed E-state index contributed by atoms with van der Waals surface area (Å²) in [4.78, 5) is 4.15. The Labute approximate surface area is 99.1 Å². The summed E-state index contributed by atoms with van der Waals surface area (Å²) in [6.45, 7) is 1.36. The summed E-state index contributed by atoms with van der Waals surface area (Å²) >= 11 is 5.86. The van der Waals surface area contributed by atoms with Crippen molar-refractivity contribution in [3.63, 3.8) is 0 Å². The minimum atomic E-state index is 0.0751. The van der Waals surface area contributed by atoms with Gasteiger partial charge in [0.15, 0.2) is 0 Å². The molecule has 0 radical (unpaired) electrons. The third kappa shape index (κ3) is 2.75. The molecule has 2 N–H and O–H groups in total. The lowest BCUT2D eigenvalue weighted by Crippen LogP contribution is -2.20. The lowest BCUT2D eigenvalue weighted by molar-refractivity contribution is 0.138. The molecule has 1 unspecified atom stereocenters. The average Bonchev–Trinajstić information content (AvgIpc) is 2.75. The molecule has 1 aliphatic rings. The van der Waals surface area contributed by atoms with Crippen LogP contribution in [0.1, 0.15) is 6.42 Å². The molecule has 0 spiro atoms. The van der Waals surface area contributed by atoms with Crippen molar-refractivity contribution < 1.29 is 9.47 Å². The van der Waals surface area contributed by atoms with Crippen molar-refractivity contribution in [3.05, 3.63) is 17.3 Å². The Morgan fingerprint density at radius 3 is 3.19 bits per heavy atom. The van der Waals surface area contributed by atoms with Crippen LogP contribution in [0.3, 0.4) is 0 Å². The van der Waals surface area contributed by atoms with Crippen LogP contribution in [-0.4, -0.2) is 31.3 Å². The largest absolute Gasteiger partial charge is 0.470 e. The van der Waals surface area contributed by atoms with Crippen LogP contribution in [0.25, 0.3) is 0 Å². The molecule has 0 saturated carbocycles. The first kappa shape index (κ1) is 11.4. The molecule has 0 aliphatic carbocycles. The highest BCUT2D eigenvalue weighted by Crippen LogP contribution is 2.26. The molecule has 16 heavy (non-hydrogen) atoms. The van der Waals surface area contributed by atoms with Gasteiger partial charge in [-0.05, 0) is 6.07 Å². The van der Waals surface area contributed by atoms with Crippen molar-refractivity contribution in [2.75, 3.05) is 25.7 Å². The van der Waals surface area contributed by atoms with Crippen molar-refractivity contribution in [2.24, 2.45) is 0 Å². The van der Waals surface area contributed by atoms with E-state index in [1.807, 2.05) is 0 Å². The molecule has 0 bridgehead atoms. The van der Waals surface area contributed by atoms with Crippen LogP contribution < -0.4 is 15.6 Å². The zero-order chi connectivity index (χ0) is 11.4. The Kier molecular flexibility index (Phi) is 3.82. The van der Waals surface area contributed by atoms with E-state index in [9.17, 15) is 0 Å². The van der Waals surface area contributed by atoms with E-state index in [2.05, 4.69) is 15.8 Å². The van der Waals surface area contributed by atoms with Gasteiger partial charge in [0, 0.05) is 19.7 Å². The number of pyridine rings is 1. The molecular formula is C10H14ClN3O2. The normalized spacial score (nSPS) is 19.8. The van der Waals surface area contributed by atoms with Crippen molar-refractivity contribution in [3.8, 4) is 5.88 Å². The van der Waals surface area contributed by atoms with Gasteiger partial charge in [0.25, 0.3) is 0 Å². The smallest absolute Gasteiger partial charge is 0.239 e. The van der Waals surface area contributed by atoms with Crippen LogP contribution in [0.15, 0.2) is 12.3 Å². The summed E-state index contributed by atoms with van der Waals surface area (Å²) in [6, 6.07) is 1.76. The van der Waals surface area contributed by atoms with Crippen LogP contribution in [0.5, 0.6) is 5.88 Å². The van der Waals surface area contributed by atoms with Crippen LogP contribution in [0.2, 0.25) is 5.02 Å². The van der Waals surface area contributed by atoms with Crippen molar-refractivity contribution in [2.45, 2.75) is 12.5 Å². The molecule has 2 heterocycles. The van der Waals surface area contributed by atoms with Gasteiger partial charge in [-0.25, -0.2) is 10.4 Å². The topological polar surface area (TPSA) is 55.4 Å². The van der Waals surface area contributed by atoms with Crippen LogP contribution >= 0.6 is 11.6 Å². The Morgan fingerprint density at radius 1 is 1.62 bits per heavy atom. The summed E-state index contributed by atoms with van der Waals surface area (Å²) in [7, 11) is 1.77. The van der Waals surface area contributed by atoms with Gasteiger partial charge in [0.2, 0.25) is 5.88 Å². The van der Waals surface area contributed by atoms with Gasteiger partial charge in [-0.3, -0.25) is 0 Å². The predicted molar refractivity (Wildman–Crippen MR) is 61.8 cm³/mol. The molecule has 2 rings (SSSR count). The van der Waals surface area contributed by atoms with E-state index in [1.54, 1.807) is 19.3 Å². The molecule has 0 aromatic carbocycles. The first-order valence-electron chi connectivity index (χ1n) is 5.12. The third-order valence-electron chi connectivity index (χ3n) is 2.24. The number of halogens is 1. The summed E-state index contributed by atoms with van der Waals surface area (Å²) < 4.78 is 11.0. The fraction of sp³-hybridized carbons (Fsp3) is 0.500. The van der Waals surface area contributed by atoms with Crippen molar-refractivity contribution >= 4 is 17.3 Å². The van der Waals surface area contributed by atoms with Gasteiger partial charge in [0.05, 0.1) is 18.2 Å². The molecule has 1 aromatic rings. The molecule has 1 saturated heterocycles. The molecule has 1 atom stereocenters. The van der Waals surface area contributed by atoms with Gasteiger partial charge < -0.3 is 14.9 Å². The molecule has 88 valence electrons. The molecule has 6 heteroatoms. The van der Waals surface area contributed by atoms with Gasteiger partial charge in [-0.2, -0.15) is 0 Å². The lowest BCUT2D eigenvalue weighted by atomic mass is 10.3. The highest BCUT2D eigenvalue weighted by Gasteiger charge is 2.19. The first-order valence-corrected chi connectivity index (χ1v) is 5.50. The molecule has 5 nitrogen and oxygen atoms in total. The van der Waals surface area contributed by atoms with E-state index < -0.39 is 0 Å². The molecule has 1 aliphatic heterocycles. The summed E-state index contributed by atoms with van der Waals surface area (Å²) in [5, 5.41) is 0.563. The number of ether oxygens (including phenoxy) is 2. The quantitative estimate of drug-likeness (QED) is 0.784. The van der Waals surface area contributed by atoms with Crippen LogP contribution in [0.4, 0.5) is 5.69 Å². The lowest BCUT2D eigenvalue weighted by Gasteiger charge is -2.15. The summed E-state index contributed by atoms with van der Waals surface area (Å²) in [5.41, 5.74) is 6.47. The number of anilines is 1. The first-order chi connectivity index (χ1) is 7.79. The number of hydrogen-bond donors (Lipinski definition) is 2. The average molecular weight is 244 g/mol. The summed E-state index contributed by atoms with van der Waals surface area (Å²) in [5.74, 6) is 0.536. The maximum atomic E-state index is 5.86. The van der Waals surface area contributed by atoms with Crippen LogP contribution in [-0.2, 0) is 4.74 Å². The van der Waals surface area contributed by atoms with Crippen LogP contribution in [0, 0.1) is 0 Å². The van der Waals surface area contributed by atoms with E-state index in [0.717, 1.165) is 18.7 Å². The molecule has 0 amide bonds. The Bertz CT molecular complexity index is 356. The zero-order valence-corrected chi connectivity index (χ0v) is 9.75. The van der Waals surface area contributed by atoms with Gasteiger partial charge in [0.1, 0.15) is 11.8 Å². The minimum absolute atomic E-state index is 0.0751. The SMILES string of the molecule is CNNc1cc(Cl)cnc1OC1CCOC1. The Hall–Kier alpha value is -1.04.